The van der Waals surface area contributed by atoms with Gasteiger partial charge in [-0.1, -0.05) is 44.8 Å². The Labute approximate surface area is 90.6 Å². The van der Waals surface area contributed by atoms with E-state index in [1.54, 1.807) is 0 Å². The van der Waals surface area contributed by atoms with Crippen LogP contribution in [0.25, 0.3) is 0 Å². The highest BCUT2D eigenvalue weighted by molar-refractivity contribution is 9.11. The molecule has 0 atom stereocenters. The summed E-state index contributed by atoms with van der Waals surface area (Å²) in [5.41, 5.74) is 3.99. The molecule has 0 amide bonds. The van der Waals surface area contributed by atoms with Crippen molar-refractivity contribution in [3.63, 3.8) is 0 Å². The predicted molar refractivity (Wildman–Crippen MR) is 60.7 cm³/mol. The van der Waals surface area contributed by atoms with Crippen LogP contribution in [-0.2, 0) is 6.42 Å². The zero-order valence-electron chi connectivity index (χ0n) is 7.54. The van der Waals surface area contributed by atoms with Gasteiger partial charge >= 0.3 is 0 Å². The summed E-state index contributed by atoms with van der Waals surface area (Å²) in [6.45, 7) is 6.43. The second-order valence-corrected chi connectivity index (χ2v) is 4.56. The molecule has 0 saturated carbocycles. The molecule has 0 saturated heterocycles. The lowest BCUT2D eigenvalue weighted by atomic mass is 10.1. The molecule has 0 aromatic heterocycles. The number of aryl methyl sites for hydroxylation is 2. The third kappa shape index (κ3) is 1.74. The van der Waals surface area contributed by atoms with Gasteiger partial charge in [0.15, 0.2) is 0 Å². The van der Waals surface area contributed by atoms with Crippen LogP contribution in [0.3, 0.4) is 0 Å². The zero-order chi connectivity index (χ0) is 9.30. The second kappa shape index (κ2) is 3.93. The van der Waals surface area contributed by atoms with Crippen molar-refractivity contribution in [1.29, 1.82) is 0 Å². The minimum atomic E-state index is 1.06. The molecule has 0 spiro atoms. The lowest BCUT2D eigenvalue weighted by Crippen LogP contribution is -1.91. The lowest BCUT2D eigenvalue weighted by molar-refractivity contribution is 1.09. The van der Waals surface area contributed by atoms with E-state index in [4.69, 9.17) is 0 Å². The zero-order valence-corrected chi connectivity index (χ0v) is 10.7. The first-order chi connectivity index (χ1) is 5.57. The van der Waals surface area contributed by atoms with Gasteiger partial charge in [0.1, 0.15) is 0 Å². The van der Waals surface area contributed by atoms with Gasteiger partial charge < -0.3 is 0 Å². The molecule has 12 heavy (non-hydrogen) atoms. The van der Waals surface area contributed by atoms with Crippen LogP contribution in [-0.4, -0.2) is 0 Å². The Morgan fingerprint density at radius 2 is 1.50 bits per heavy atom. The highest BCUT2D eigenvalue weighted by atomic mass is 79.9. The SMILES string of the molecule is CCc1c(Br)c(C)cc(C)c1Br. The first kappa shape index (κ1) is 10.3. The molecule has 1 aromatic rings. The summed E-state index contributed by atoms with van der Waals surface area (Å²) in [5, 5.41) is 0. The van der Waals surface area contributed by atoms with Gasteiger partial charge in [0.2, 0.25) is 0 Å². The summed E-state index contributed by atoms with van der Waals surface area (Å²) in [5.74, 6) is 0. The van der Waals surface area contributed by atoms with Crippen LogP contribution in [0.1, 0.15) is 23.6 Å². The fourth-order valence-corrected chi connectivity index (χ4v) is 2.79. The van der Waals surface area contributed by atoms with Crippen molar-refractivity contribution in [2.75, 3.05) is 0 Å². The third-order valence-corrected chi connectivity index (χ3v) is 4.22. The number of rotatable bonds is 1. The van der Waals surface area contributed by atoms with E-state index >= 15 is 0 Å². The summed E-state index contributed by atoms with van der Waals surface area (Å²) in [6.07, 6.45) is 1.06. The van der Waals surface area contributed by atoms with Crippen LogP contribution in [0, 0.1) is 13.8 Å². The first-order valence-corrected chi connectivity index (χ1v) is 5.60. The molecule has 0 radical (unpaired) electrons. The summed E-state index contributed by atoms with van der Waals surface area (Å²) in [7, 11) is 0. The fourth-order valence-electron chi connectivity index (χ4n) is 1.33. The standard InChI is InChI=1S/C10H12Br2/c1-4-8-9(11)6(2)5-7(3)10(8)12/h5H,4H2,1-3H3. The van der Waals surface area contributed by atoms with E-state index in [1.807, 2.05) is 0 Å². The van der Waals surface area contributed by atoms with Crippen LogP contribution in [0.5, 0.6) is 0 Å². The average Bonchev–Trinajstić information content (AvgIpc) is 2.02. The molecule has 0 aliphatic carbocycles. The van der Waals surface area contributed by atoms with Crippen molar-refractivity contribution in [2.24, 2.45) is 0 Å². The number of halogens is 2. The Hall–Kier alpha value is 0.180. The topological polar surface area (TPSA) is 0 Å². The molecular weight excluding hydrogens is 280 g/mol. The molecule has 0 fully saturated rings. The van der Waals surface area contributed by atoms with E-state index in [0.717, 1.165) is 6.42 Å². The summed E-state index contributed by atoms with van der Waals surface area (Å²) < 4.78 is 2.48. The van der Waals surface area contributed by atoms with Crippen LogP contribution >= 0.6 is 31.9 Å². The maximum absolute atomic E-state index is 3.60. The van der Waals surface area contributed by atoms with Crippen LogP contribution in [0.2, 0.25) is 0 Å². The Morgan fingerprint density at radius 1 is 1.08 bits per heavy atom. The maximum atomic E-state index is 3.60. The number of hydrogen-bond donors (Lipinski definition) is 0. The molecule has 0 N–H and O–H groups in total. The molecule has 0 aliphatic rings. The maximum Gasteiger partial charge on any atom is 0.0247 e. The van der Waals surface area contributed by atoms with Gasteiger partial charge in [-0.2, -0.15) is 0 Å². The molecule has 1 rings (SSSR count). The van der Waals surface area contributed by atoms with Crippen molar-refractivity contribution in [2.45, 2.75) is 27.2 Å². The van der Waals surface area contributed by atoms with E-state index in [2.05, 4.69) is 58.7 Å². The molecule has 0 nitrogen and oxygen atoms in total. The predicted octanol–water partition coefficient (Wildman–Crippen LogP) is 4.39. The average molecular weight is 292 g/mol. The summed E-state index contributed by atoms with van der Waals surface area (Å²) in [6, 6.07) is 2.19. The molecule has 1 aromatic carbocycles. The van der Waals surface area contributed by atoms with Gasteiger partial charge in [0, 0.05) is 8.95 Å². The van der Waals surface area contributed by atoms with E-state index in [0.29, 0.717) is 0 Å². The summed E-state index contributed by atoms with van der Waals surface area (Å²) in [4.78, 5) is 0. The number of hydrogen-bond acceptors (Lipinski definition) is 0. The van der Waals surface area contributed by atoms with E-state index in [-0.39, 0.29) is 0 Å². The minimum absolute atomic E-state index is 1.06. The Balaban J connectivity index is 3.42. The molecule has 0 heterocycles. The van der Waals surface area contributed by atoms with Crippen LogP contribution in [0.15, 0.2) is 15.0 Å². The van der Waals surface area contributed by atoms with Gasteiger partial charge in [-0.15, -0.1) is 0 Å². The minimum Gasteiger partial charge on any atom is -0.0612 e. The first-order valence-electron chi connectivity index (χ1n) is 4.02. The summed E-state index contributed by atoms with van der Waals surface area (Å²) >= 11 is 7.19. The molecular formula is C10H12Br2. The van der Waals surface area contributed by atoms with Crippen molar-refractivity contribution < 1.29 is 0 Å². The van der Waals surface area contributed by atoms with Crippen molar-refractivity contribution in [3.8, 4) is 0 Å². The molecule has 66 valence electrons. The molecule has 0 unspecified atom stereocenters. The monoisotopic (exact) mass is 290 g/mol. The van der Waals surface area contributed by atoms with E-state index in [9.17, 15) is 0 Å². The third-order valence-electron chi connectivity index (χ3n) is 2.01. The van der Waals surface area contributed by atoms with Crippen molar-refractivity contribution in [1.82, 2.24) is 0 Å². The van der Waals surface area contributed by atoms with Gasteiger partial charge in [-0.05, 0) is 37.0 Å². The Morgan fingerprint density at radius 3 is 1.83 bits per heavy atom. The lowest BCUT2D eigenvalue weighted by Gasteiger charge is -2.10. The van der Waals surface area contributed by atoms with Gasteiger partial charge in [0.05, 0.1) is 0 Å². The number of benzene rings is 1. The van der Waals surface area contributed by atoms with E-state index < -0.39 is 0 Å². The van der Waals surface area contributed by atoms with Crippen LogP contribution in [0.4, 0.5) is 0 Å². The normalized spacial score (nSPS) is 10.4. The Kier molecular flexibility index (Phi) is 3.36. The smallest absolute Gasteiger partial charge is 0.0247 e. The molecule has 0 aliphatic heterocycles. The van der Waals surface area contributed by atoms with Crippen molar-refractivity contribution in [3.05, 3.63) is 31.7 Å². The van der Waals surface area contributed by atoms with E-state index in [1.165, 1.54) is 25.6 Å². The fraction of sp³-hybridized carbons (Fsp3) is 0.400. The Bertz CT molecular complexity index is 277. The molecule has 2 heteroatoms. The highest BCUT2D eigenvalue weighted by Crippen LogP contribution is 2.31. The van der Waals surface area contributed by atoms with Crippen molar-refractivity contribution >= 4 is 31.9 Å². The van der Waals surface area contributed by atoms with Gasteiger partial charge in [0.25, 0.3) is 0 Å². The second-order valence-electron chi connectivity index (χ2n) is 2.97. The highest BCUT2D eigenvalue weighted by Gasteiger charge is 2.08. The van der Waals surface area contributed by atoms with Gasteiger partial charge in [-0.25, -0.2) is 0 Å². The van der Waals surface area contributed by atoms with Crippen LogP contribution < -0.4 is 0 Å². The van der Waals surface area contributed by atoms with Gasteiger partial charge in [-0.3, -0.25) is 0 Å². The molecule has 0 bridgehead atoms. The largest absolute Gasteiger partial charge is 0.0612 e. The quantitative estimate of drug-likeness (QED) is 0.720.